The quantitative estimate of drug-likeness (QED) is 0.796. The van der Waals surface area contributed by atoms with Crippen molar-refractivity contribution in [2.45, 2.75) is 58.9 Å². The van der Waals surface area contributed by atoms with Gasteiger partial charge in [0.25, 0.3) is 0 Å². The molecule has 3 heteroatoms. The molecular formula is C17H28BrNO. The maximum absolute atomic E-state index is 5.79. The Hall–Kier alpha value is -0.280. The molecule has 0 aromatic carbocycles. The van der Waals surface area contributed by atoms with E-state index < -0.39 is 0 Å². The highest BCUT2D eigenvalue weighted by Crippen LogP contribution is 2.45. The molecule has 1 saturated carbocycles. The number of hydrogen-bond acceptors (Lipinski definition) is 2. The minimum atomic E-state index is 0.548. The van der Waals surface area contributed by atoms with E-state index >= 15 is 0 Å². The van der Waals surface area contributed by atoms with Crippen molar-refractivity contribution in [3.8, 4) is 0 Å². The maximum atomic E-state index is 5.79. The predicted octanol–water partition coefficient (Wildman–Crippen LogP) is 5.20. The fourth-order valence-corrected chi connectivity index (χ4v) is 3.89. The average Bonchev–Trinajstić information content (AvgIpc) is 2.82. The molecule has 0 radical (unpaired) electrons. The van der Waals surface area contributed by atoms with Gasteiger partial charge in [-0.15, -0.1) is 0 Å². The minimum Gasteiger partial charge on any atom is -0.468 e. The van der Waals surface area contributed by atoms with Crippen molar-refractivity contribution in [2.75, 3.05) is 6.54 Å². The van der Waals surface area contributed by atoms with Gasteiger partial charge in [0.1, 0.15) is 5.76 Å². The largest absolute Gasteiger partial charge is 0.468 e. The van der Waals surface area contributed by atoms with E-state index in [4.69, 9.17) is 4.42 Å². The van der Waals surface area contributed by atoms with E-state index in [0.717, 1.165) is 28.6 Å². The van der Waals surface area contributed by atoms with Crippen molar-refractivity contribution in [3.05, 3.63) is 22.6 Å². The third kappa shape index (κ3) is 3.88. The third-order valence-corrected chi connectivity index (χ3v) is 5.40. The Morgan fingerprint density at radius 2 is 2.05 bits per heavy atom. The fourth-order valence-electron chi connectivity index (χ4n) is 3.39. The maximum Gasteiger partial charge on any atom is 0.121 e. The number of furan rings is 1. The van der Waals surface area contributed by atoms with E-state index in [-0.39, 0.29) is 0 Å². The minimum absolute atomic E-state index is 0.548. The molecule has 114 valence electrons. The molecule has 2 nitrogen and oxygen atoms in total. The summed E-state index contributed by atoms with van der Waals surface area (Å²) in [6.07, 6.45) is 5.73. The normalized spacial score (nSPS) is 27.4. The van der Waals surface area contributed by atoms with Crippen LogP contribution in [-0.2, 0) is 0 Å². The van der Waals surface area contributed by atoms with Gasteiger partial charge in [0.2, 0.25) is 0 Å². The Morgan fingerprint density at radius 3 is 2.60 bits per heavy atom. The highest BCUT2D eigenvalue weighted by atomic mass is 79.9. The highest BCUT2D eigenvalue weighted by Gasteiger charge is 2.35. The van der Waals surface area contributed by atoms with E-state index in [9.17, 15) is 0 Å². The Morgan fingerprint density at radius 1 is 1.30 bits per heavy atom. The van der Waals surface area contributed by atoms with Crippen LogP contribution < -0.4 is 5.32 Å². The molecule has 20 heavy (non-hydrogen) atoms. The summed E-state index contributed by atoms with van der Waals surface area (Å²) in [5.41, 5.74) is 0. The molecule has 3 atom stereocenters. The lowest BCUT2D eigenvalue weighted by Crippen LogP contribution is -2.35. The molecule has 1 N–H and O–H groups in total. The van der Waals surface area contributed by atoms with Gasteiger partial charge in [-0.05, 0) is 65.6 Å². The smallest absolute Gasteiger partial charge is 0.121 e. The van der Waals surface area contributed by atoms with Crippen LogP contribution in [0.25, 0.3) is 0 Å². The second kappa shape index (κ2) is 7.13. The topological polar surface area (TPSA) is 25.2 Å². The lowest BCUT2D eigenvalue weighted by molar-refractivity contribution is 0.172. The molecule has 1 fully saturated rings. The Balaban J connectivity index is 2.12. The molecule has 1 aliphatic rings. The van der Waals surface area contributed by atoms with Crippen LogP contribution in [0.1, 0.15) is 58.6 Å². The van der Waals surface area contributed by atoms with Crippen LogP contribution in [0.15, 0.2) is 21.2 Å². The van der Waals surface area contributed by atoms with Crippen LogP contribution in [0.5, 0.6) is 0 Å². The van der Waals surface area contributed by atoms with Gasteiger partial charge >= 0.3 is 0 Å². The first-order chi connectivity index (χ1) is 9.49. The van der Waals surface area contributed by atoms with Gasteiger partial charge in [-0.25, -0.2) is 0 Å². The third-order valence-electron chi connectivity index (χ3n) is 4.75. The Kier molecular flexibility index (Phi) is 5.74. The molecule has 2 rings (SSSR count). The summed E-state index contributed by atoms with van der Waals surface area (Å²) in [5.74, 6) is 3.99. The van der Waals surface area contributed by atoms with Crippen molar-refractivity contribution >= 4 is 15.9 Å². The molecular weight excluding hydrogens is 314 g/mol. The van der Waals surface area contributed by atoms with Crippen LogP contribution in [0.2, 0.25) is 0 Å². The molecule has 0 aliphatic heterocycles. The van der Waals surface area contributed by atoms with Crippen LogP contribution in [0, 0.1) is 17.8 Å². The summed E-state index contributed by atoms with van der Waals surface area (Å²) in [5, 5.41) is 3.61. The number of rotatable bonds is 5. The number of halogens is 1. The van der Waals surface area contributed by atoms with E-state index in [1.165, 1.54) is 19.3 Å². The van der Waals surface area contributed by atoms with Gasteiger partial charge in [-0.2, -0.15) is 0 Å². The summed E-state index contributed by atoms with van der Waals surface area (Å²) in [7, 11) is 0. The van der Waals surface area contributed by atoms with Crippen molar-refractivity contribution in [3.63, 3.8) is 0 Å². The Labute approximate surface area is 131 Å². The molecule has 1 heterocycles. The molecule has 0 saturated heterocycles. The lowest BCUT2D eigenvalue weighted by atomic mass is 9.69. The van der Waals surface area contributed by atoms with Crippen molar-refractivity contribution in [1.29, 1.82) is 0 Å². The zero-order valence-electron chi connectivity index (χ0n) is 13.2. The van der Waals surface area contributed by atoms with Gasteiger partial charge in [0.05, 0.1) is 10.7 Å². The summed E-state index contributed by atoms with van der Waals surface area (Å²) >= 11 is 3.65. The summed E-state index contributed by atoms with van der Waals surface area (Å²) < 4.78 is 6.93. The number of hydrogen-bond donors (Lipinski definition) is 1. The van der Waals surface area contributed by atoms with Gasteiger partial charge in [0.15, 0.2) is 0 Å². The van der Waals surface area contributed by atoms with Crippen LogP contribution in [0.3, 0.4) is 0 Å². The first-order valence-electron chi connectivity index (χ1n) is 7.95. The van der Waals surface area contributed by atoms with Crippen molar-refractivity contribution in [1.82, 2.24) is 5.32 Å². The second-order valence-electron chi connectivity index (χ2n) is 6.88. The SMILES string of the molecule is CC(C)NCC1CCC(C(C)C)CC1c1occc1Br. The first kappa shape index (κ1) is 16.1. The molecule has 0 spiro atoms. The summed E-state index contributed by atoms with van der Waals surface area (Å²) in [6.45, 7) is 10.2. The standard InChI is InChI=1S/C17H28BrNO/c1-11(2)13-5-6-14(10-19-12(3)4)15(9-13)17-16(18)7-8-20-17/h7-8,11-15,19H,5-6,9-10H2,1-4H3. The van der Waals surface area contributed by atoms with Gasteiger partial charge < -0.3 is 9.73 Å². The first-order valence-corrected chi connectivity index (χ1v) is 8.74. The van der Waals surface area contributed by atoms with Crippen LogP contribution in [-0.4, -0.2) is 12.6 Å². The van der Waals surface area contributed by atoms with Gasteiger partial charge in [0, 0.05) is 12.0 Å². The summed E-state index contributed by atoms with van der Waals surface area (Å²) in [4.78, 5) is 0. The Bertz CT molecular complexity index is 413. The van der Waals surface area contributed by atoms with Crippen LogP contribution >= 0.6 is 15.9 Å². The zero-order valence-corrected chi connectivity index (χ0v) is 14.7. The number of nitrogens with one attached hydrogen (secondary N) is 1. The van der Waals surface area contributed by atoms with Crippen LogP contribution in [0.4, 0.5) is 0 Å². The van der Waals surface area contributed by atoms with E-state index in [1.807, 2.05) is 12.3 Å². The molecule has 0 bridgehead atoms. The molecule has 3 unspecified atom stereocenters. The monoisotopic (exact) mass is 341 g/mol. The van der Waals surface area contributed by atoms with Gasteiger partial charge in [-0.1, -0.05) is 27.7 Å². The van der Waals surface area contributed by atoms with Crippen molar-refractivity contribution in [2.24, 2.45) is 17.8 Å². The molecule has 0 amide bonds. The predicted molar refractivity (Wildman–Crippen MR) is 88.0 cm³/mol. The second-order valence-corrected chi connectivity index (χ2v) is 7.73. The average molecular weight is 342 g/mol. The van der Waals surface area contributed by atoms with E-state index in [1.54, 1.807) is 0 Å². The molecule has 1 aliphatic carbocycles. The zero-order chi connectivity index (χ0) is 14.7. The van der Waals surface area contributed by atoms with Crippen molar-refractivity contribution < 1.29 is 4.42 Å². The van der Waals surface area contributed by atoms with Gasteiger partial charge in [-0.3, -0.25) is 0 Å². The highest BCUT2D eigenvalue weighted by molar-refractivity contribution is 9.10. The molecule has 1 aromatic heterocycles. The van der Waals surface area contributed by atoms with E-state index in [2.05, 4.69) is 48.9 Å². The fraction of sp³-hybridized carbons (Fsp3) is 0.765. The lowest BCUT2D eigenvalue weighted by Gasteiger charge is -2.37. The molecule has 1 aromatic rings. The summed E-state index contributed by atoms with van der Waals surface area (Å²) in [6, 6.07) is 2.58. The van der Waals surface area contributed by atoms with E-state index in [0.29, 0.717) is 17.9 Å².